The summed E-state index contributed by atoms with van der Waals surface area (Å²) < 4.78 is 48.7. The van der Waals surface area contributed by atoms with E-state index in [4.69, 9.17) is 14.0 Å². The van der Waals surface area contributed by atoms with Gasteiger partial charge in [-0.25, -0.2) is 9.48 Å². The summed E-state index contributed by atoms with van der Waals surface area (Å²) in [7, 11) is -2.34. The van der Waals surface area contributed by atoms with Gasteiger partial charge in [0.15, 0.2) is 0 Å². The Morgan fingerprint density at radius 2 is 1.74 bits per heavy atom. The topological polar surface area (TPSA) is 147 Å². The summed E-state index contributed by atoms with van der Waals surface area (Å²) >= 11 is 1.21. The number of para-hydroxylation sites is 1. The van der Waals surface area contributed by atoms with Crippen molar-refractivity contribution >= 4 is 52.6 Å². The van der Waals surface area contributed by atoms with Crippen LogP contribution in [0.4, 0.5) is 4.39 Å². The van der Waals surface area contributed by atoms with Gasteiger partial charge in [-0.3, -0.25) is 28.6 Å². The summed E-state index contributed by atoms with van der Waals surface area (Å²) in [5.41, 5.74) is 1.11. The number of benzene rings is 3. The van der Waals surface area contributed by atoms with Crippen LogP contribution in [0.25, 0.3) is 10.1 Å². The van der Waals surface area contributed by atoms with Crippen LogP contribution in [-0.4, -0.2) is 114 Å². The van der Waals surface area contributed by atoms with Crippen molar-refractivity contribution in [1.82, 2.24) is 25.1 Å². The number of halogens is 1. The molecule has 1 saturated carbocycles. The number of ether oxygens (including phenoxy) is 2. The van der Waals surface area contributed by atoms with Crippen LogP contribution in [-0.2, 0) is 28.4 Å². The maximum Gasteiger partial charge on any atom is 0.355 e. The van der Waals surface area contributed by atoms with Gasteiger partial charge in [0.25, 0.3) is 5.91 Å². The minimum Gasteiger partial charge on any atom is -0.465 e. The lowest BCUT2D eigenvalue weighted by atomic mass is 9.92. The van der Waals surface area contributed by atoms with E-state index in [0.29, 0.717) is 66.8 Å². The molecule has 0 bridgehead atoms. The van der Waals surface area contributed by atoms with Crippen molar-refractivity contribution in [2.45, 2.75) is 132 Å². The third-order valence-corrected chi connectivity index (χ3v) is 17.7. The molecule has 3 aromatic carbocycles. The first-order chi connectivity index (χ1) is 31.9. The Kier molecular flexibility index (Phi) is 13.7. The van der Waals surface area contributed by atoms with Crippen molar-refractivity contribution in [1.29, 1.82) is 0 Å². The first kappa shape index (κ1) is 46.5. The highest BCUT2D eigenvalue weighted by atomic mass is 32.1. The van der Waals surface area contributed by atoms with E-state index in [2.05, 4.69) is 39.4 Å². The second-order valence-electron chi connectivity index (χ2n) is 18.9. The third-order valence-electron chi connectivity index (χ3n) is 14.5. The number of nitrogens with one attached hydrogen (secondary N) is 2. The highest BCUT2D eigenvalue weighted by Crippen LogP contribution is 2.58. The molecule has 1 aliphatic carbocycles. The summed E-state index contributed by atoms with van der Waals surface area (Å²) in [6.07, 6.45) is 7.50. The molecule has 0 unspecified atom stereocenters. The highest BCUT2D eigenvalue weighted by Gasteiger charge is 2.59. The molecule has 9 atom stereocenters. The molecule has 9 rings (SSSR count). The maximum absolute atomic E-state index is 16.7. The van der Waals surface area contributed by atoms with E-state index in [1.165, 1.54) is 36.0 Å². The normalized spacial score (nSPS) is 26.7. The number of hydrogen-bond donors (Lipinski definition) is 2. The van der Waals surface area contributed by atoms with E-state index in [9.17, 15) is 23.7 Å². The molecule has 16 heteroatoms. The van der Waals surface area contributed by atoms with Crippen LogP contribution in [0, 0.1) is 0 Å². The van der Waals surface area contributed by atoms with Crippen molar-refractivity contribution in [2.24, 2.45) is 0 Å². The van der Waals surface area contributed by atoms with E-state index in [-0.39, 0.29) is 59.3 Å². The third kappa shape index (κ3) is 9.56. The molecule has 5 fully saturated rings. The average molecular weight is 942 g/mol. The lowest BCUT2D eigenvalue weighted by Crippen LogP contribution is -2.59. The molecule has 13 nitrogen and oxygen atoms in total. The molecule has 0 radical (unpaired) electrons. The second kappa shape index (κ2) is 19.5. The van der Waals surface area contributed by atoms with Crippen LogP contribution in [0.5, 0.6) is 5.75 Å². The predicted molar refractivity (Wildman–Crippen MR) is 251 cm³/mol. The Morgan fingerprint density at radius 3 is 2.45 bits per heavy atom. The molecule has 5 heterocycles. The Morgan fingerprint density at radius 1 is 0.985 bits per heavy atom. The second-order valence-corrected chi connectivity index (χ2v) is 22.1. The molecule has 1 spiro atoms. The van der Waals surface area contributed by atoms with Crippen molar-refractivity contribution in [3.8, 4) is 5.75 Å². The van der Waals surface area contributed by atoms with Gasteiger partial charge >= 0.3 is 13.5 Å². The van der Waals surface area contributed by atoms with Crippen molar-refractivity contribution in [3.05, 3.63) is 101 Å². The van der Waals surface area contributed by atoms with Crippen LogP contribution < -0.4 is 14.9 Å². The number of nitrogens with zero attached hydrogens (tertiary/aromatic N) is 3. The molecular weight excluding hydrogens is 881 g/mol. The van der Waals surface area contributed by atoms with E-state index in [1.807, 2.05) is 30.0 Å². The number of amides is 3. The largest absolute Gasteiger partial charge is 0.465 e. The van der Waals surface area contributed by atoms with Gasteiger partial charge in [-0.15, -0.1) is 11.3 Å². The van der Waals surface area contributed by atoms with E-state index >= 15 is 4.39 Å². The summed E-state index contributed by atoms with van der Waals surface area (Å²) in [6, 6.07) is 22.5. The number of alkyl halides is 1. The quantitative estimate of drug-likeness (QED) is 0.0881. The van der Waals surface area contributed by atoms with Gasteiger partial charge in [-0.1, -0.05) is 61.5 Å². The molecule has 4 saturated heterocycles. The number of thiophene rings is 1. The monoisotopic (exact) mass is 941 g/mol. The fourth-order valence-corrected chi connectivity index (χ4v) is 13.6. The Hall–Kier alpha value is -4.66. The fourth-order valence-electron chi connectivity index (χ4n) is 10.7. The maximum atomic E-state index is 16.7. The summed E-state index contributed by atoms with van der Waals surface area (Å²) in [5.74, 6) is -3.12. The molecule has 1 aromatic heterocycles. The Labute approximate surface area is 390 Å². The lowest BCUT2D eigenvalue weighted by Gasteiger charge is -2.42. The van der Waals surface area contributed by atoms with Crippen LogP contribution in [0.2, 0.25) is 0 Å². The summed E-state index contributed by atoms with van der Waals surface area (Å²) in [5, 5.41) is 6.25. The molecule has 66 heavy (non-hydrogen) atoms. The van der Waals surface area contributed by atoms with E-state index < -0.39 is 43.4 Å². The van der Waals surface area contributed by atoms with Crippen LogP contribution in [0.15, 0.2) is 84.9 Å². The molecule has 4 aromatic rings. The smallest absolute Gasteiger partial charge is 0.355 e. The predicted octanol–water partition coefficient (Wildman–Crippen LogP) is 8.35. The standard InChI is InChI=1S/C50H61FN5O8PS/c1-4-24-63-49(60)32(2)53-65(61,64-40-13-9-6-10-14-40)45(51)34-15-20-43-35(26-34)27-44(66-43)46(57)52-41-18-16-37(54(3)39-21-25-62-31-39)28-38-17-19-42(56(38)47(41)58)48(59)55-30-36(29-50(55)22-23-50)33-11-7-5-8-12-33/h5-15,20,26-27,32,36-39,41-42,45H,4,16-19,21-25,28-31H2,1-3H3,(H,52,57)(H,53,61)/t32-,36+,37-,38+,39+,41-,42-,45+,65-/m0/s1. The molecule has 4 aliphatic heterocycles. The fraction of sp³-hybridized carbons (Fsp3) is 0.520. The van der Waals surface area contributed by atoms with Gasteiger partial charge in [0.05, 0.1) is 18.1 Å². The van der Waals surface area contributed by atoms with Gasteiger partial charge in [-0.05, 0) is 125 Å². The van der Waals surface area contributed by atoms with Gasteiger partial charge in [-0.2, -0.15) is 0 Å². The number of likely N-dealkylation sites (N-methyl/N-ethyl adjacent to an activating group) is 1. The van der Waals surface area contributed by atoms with Crippen molar-refractivity contribution in [3.63, 3.8) is 0 Å². The number of hydrogen-bond acceptors (Lipinski definition) is 10. The van der Waals surface area contributed by atoms with Crippen molar-refractivity contribution < 1.29 is 42.1 Å². The van der Waals surface area contributed by atoms with Crippen LogP contribution >= 0.6 is 18.9 Å². The molecule has 3 amide bonds. The van der Waals surface area contributed by atoms with Crippen LogP contribution in [0.1, 0.15) is 111 Å². The van der Waals surface area contributed by atoms with E-state index in [0.717, 1.165) is 32.1 Å². The molecular formula is C50H61FN5O8PS. The number of carbonyl (C=O) groups is 4. The zero-order valence-electron chi connectivity index (χ0n) is 37.9. The summed E-state index contributed by atoms with van der Waals surface area (Å²) in [6.45, 7) is 5.46. The Balaban J connectivity index is 0.954. The SMILES string of the molecule is CCCOC(=O)[C@H](C)N[P@@](=O)(Oc1ccccc1)[C@@H](F)c1ccc2sc(C(=O)N[C@H]3CC[C@H](N(C)[C@@H]4CCOC4)C[C@H]4CC[C@@H](C(=O)N5C[C@H](c6ccccc6)CC56CC6)N4C3=O)cc2c1. The molecule has 5 aliphatic rings. The molecule has 2 N–H and O–H groups in total. The number of fused-ring (bicyclic) bond motifs is 2. The molecule has 352 valence electrons. The van der Waals surface area contributed by atoms with E-state index in [1.54, 1.807) is 42.5 Å². The number of rotatable bonds is 15. The number of esters is 1. The van der Waals surface area contributed by atoms with Gasteiger partial charge in [0.2, 0.25) is 17.7 Å². The summed E-state index contributed by atoms with van der Waals surface area (Å²) in [4.78, 5) is 63.5. The Bertz CT molecular complexity index is 2450. The minimum atomic E-state index is -4.47. The highest BCUT2D eigenvalue weighted by molar-refractivity contribution is 7.57. The van der Waals surface area contributed by atoms with Gasteiger partial charge < -0.3 is 29.1 Å². The van der Waals surface area contributed by atoms with Crippen LogP contribution in [0.3, 0.4) is 0 Å². The number of likely N-dealkylation sites (tertiary alicyclic amines) is 1. The first-order valence-corrected chi connectivity index (χ1v) is 26.1. The van der Waals surface area contributed by atoms with Gasteiger partial charge in [0, 0.05) is 47.4 Å². The first-order valence-electron chi connectivity index (χ1n) is 23.6. The zero-order chi connectivity index (χ0) is 46.2. The van der Waals surface area contributed by atoms with Crippen molar-refractivity contribution in [2.75, 3.05) is 33.4 Å². The minimum absolute atomic E-state index is 0.0211. The lowest BCUT2D eigenvalue weighted by molar-refractivity contribution is -0.148. The average Bonchev–Trinajstić information content (AvgIpc) is 3.79. The van der Waals surface area contributed by atoms with Gasteiger partial charge in [0.1, 0.15) is 23.9 Å². The zero-order valence-corrected chi connectivity index (χ0v) is 39.7. The number of carbonyl (C=O) groups excluding carboxylic acids is 4.